The Labute approximate surface area is 228 Å². The molecule has 2 N–H and O–H groups in total. The van der Waals surface area contributed by atoms with Crippen molar-refractivity contribution in [3.63, 3.8) is 0 Å². The molecule has 39 heavy (non-hydrogen) atoms. The van der Waals surface area contributed by atoms with Crippen LogP contribution in [0, 0.1) is 13.8 Å². The van der Waals surface area contributed by atoms with E-state index < -0.39 is 5.97 Å². The Morgan fingerprint density at radius 2 is 1.56 bits per heavy atom. The Balaban J connectivity index is 1.39. The molecule has 1 heterocycles. The van der Waals surface area contributed by atoms with Gasteiger partial charge in [-0.3, -0.25) is 4.79 Å². The van der Waals surface area contributed by atoms with Gasteiger partial charge in [0, 0.05) is 28.7 Å². The summed E-state index contributed by atoms with van der Waals surface area (Å²) in [5.74, 6) is -1.01. The Bertz CT molecular complexity index is 1650. The van der Waals surface area contributed by atoms with Crippen LogP contribution in [0.5, 0.6) is 0 Å². The van der Waals surface area contributed by atoms with Gasteiger partial charge in [0.1, 0.15) is 0 Å². The zero-order valence-corrected chi connectivity index (χ0v) is 22.4. The standard InChI is InChI=1S/C34H32N2O3/c1-4-31(26-10-6-5-7-11-26)35-33(37)27-18-19-32-30(20-27)22(2)23(3)36(32)21-24-14-16-25(17-15-24)28-12-8-9-13-29(28)34(38)39/h5-20,31H,4,21H2,1-3H3,(H,35,37)(H,38,39)/t31-/m0/s1. The summed E-state index contributed by atoms with van der Waals surface area (Å²) in [7, 11) is 0. The van der Waals surface area contributed by atoms with Crippen molar-refractivity contribution in [3.8, 4) is 11.1 Å². The first-order valence-corrected chi connectivity index (χ1v) is 13.2. The van der Waals surface area contributed by atoms with Crippen molar-refractivity contribution >= 4 is 22.8 Å². The topological polar surface area (TPSA) is 71.3 Å². The fourth-order valence-electron chi connectivity index (χ4n) is 5.24. The molecule has 1 aromatic heterocycles. The highest BCUT2D eigenvalue weighted by molar-refractivity contribution is 5.99. The molecular weight excluding hydrogens is 484 g/mol. The molecule has 5 rings (SSSR count). The lowest BCUT2D eigenvalue weighted by Crippen LogP contribution is -2.28. The number of carboxylic acid groups (broad SMARTS) is 1. The molecule has 5 aromatic rings. The minimum Gasteiger partial charge on any atom is -0.478 e. The van der Waals surface area contributed by atoms with Crippen molar-refractivity contribution in [1.82, 2.24) is 9.88 Å². The maximum Gasteiger partial charge on any atom is 0.336 e. The Morgan fingerprint density at radius 3 is 2.26 bits per heavy atom. The lowest BCUT2D eigenvalue weighted by atomic mass is 9.99. The largest absolute Gasteiger partial charge is 0.478 e. The molecule has 5 nitrogen and oxygen atoms in total. The van der Waals surface area contributed by atoms with Crippen LogP contribution in [0.4, 0.5) is 0 Å². The van der Waals surface area contributed by atoms with Gasteiger partial charge in [-0.2, -0.15) is 0 Å². The van der Waals surface area contributed by atoms with E-state index >= 15 is 0 Å². The van der Waals surface area contributed by atoms with E-state index in [1.165, 1.54) is 0 Å². The predicted octanol–water partition coefficient (Wildman–Crippen LogP) is 7.55. The highest BCUT2D eigenvalue weighted by Crippen LogP contribution is 2.29. The van der Waals surface area contributed by atoms with Crippen molar-refractivity contribution in [2.45, 2.75) is 39.8 Å². The summed E-state index contributed by atoms with van der Waals surface area (Å²) in [6.45, 7) is 6.95. The van der Waals surface area contributed by atoms with E-state index in [0.29, 0.717) is 23.2 Å². The van der Waals surface area contributed by atoms with Gasteiger partial charge in [0.25, 0.3) is 5.91 Å². The van der Waals surface area contributed by atoms with Crippen LogP contribution in [0.3, 0.4) is 0 Å². The molecule has 0 radical (unpaired) electrons. The zero-order chi connectivity index (χ0) is 27.5. The first-order valence-electron chi connectivity index (χ1n) is 13.2. The number of nitrogens with zero attached hydrogens (tertiary/aromatic N) is 1. The third-order valence-electron chi connectivity index (χ3n) is 7.58. The van der Waals surface area contributed by atoms with Crippen LogP contribution < -0.4 is 5.32 Å². The summed E-state index contributed by atoms with van der Waals surface area (Å²) >= 11 is 0. The van der Waals surface area contributed by atoms with Crippen molar-refractivity contribution in [3.05, 3.63) is 131 Å². The van der Waals surface area contributed by atoms with Gasteiger partial charge in [-0.1, -0.05) is 79.7 Å². The van der Waals surface area contributed by atoms with Crippen LogP contribution in [0.15, 0.2) is 97.1 Å². The number of carboxylic acids is 1. The quantitative estimate of drug-likeness (QED) is 0.224. The van der Waals surface area contributed by atoms with Gasteiger partial charge in [0.15, 0.2) is 0 Å². The molecule has 0 bridgehead atoms. The molecule has 0 fully saturated rings. The van der Waals surface area contributed by atoms with Gasteiger partial charge in [0.2, 0.25) is 0 Å². The van der Waals surface area contributed by atoms with Crippen LogP contribution in [-0.4, -0.2) is 21.6 Å². The molecular formula is C34H32N2O3. The van der Waals surface area contributed by atoms with Crippen molar-refractivity contribution in [1.29, 1.82) is 0 Å². The maximum atomic E-state index is 13.2. The molecule has 0 aliphatic heterocycles. The third-order valence-corrected chi connectivity index (χ3v) is 7.58. The smallest absolute Gasteiger partial charge is 0.336 e. The summed E-state index contributed by atoms with van der Waals surface area (Å²) in [5, 5.41) is 13.8. The van der Waals surface area contributed by atoms with Crippen molar-refractivity contribution < 1.29 is 14.7 Å². The van der Waals surface area contributed by atoms with E-state index in [2.05, 4.69) is 30.7 Å². The zero-order valence-electron chi connectivity index (χ0n) is 22.4. The van der Waals surface area contributed by atoms with Gasteiger partial charge in [-0.15, -0.1) is 0 Å². The lowest BCUT2D eigenvalue weighted by molar-refractivity contribution is 0.0697. The summed E-state index contributed by atoms with van der Waals surface area (Å²) in [5.41, 5.74) is 8.13. The average molecular weight is 517 g/mol. The minimum absolute atomic E-state index is 0.0349. The molecule has 0 aliphatic rings. The van der Waals surface area contributed by atoms with E-state index in [1.807, 2.05) is 84.9 Å². The number of hydrogen-bond donors (Lipinski definition) is 2. The van der Waals surface area contributed by atoms with Crippen molar-refractivity contribution in [2.75, 3.05) is 0 Å². The monoisotopic (exact) mass is 516 g/mol. The third kappa shape index (κ3) is 5.21. The molecule has 196 valence electrons. The molecule has 0 aliphatic carbocycles. The summed E-state index contributed by atoms with van der Waals surface area (Å²) in [4.78, 5) is 24.8. The van der Waals surface area contributed by atoms with E-state index in [-0.39, 0.29) is 11.9 Å². The van der Waals surface area contributed by atoms with E-state index in [4.69, 9.17) is 0 Å². The lowest BCUT2D eigenvalue weighted by Gasteiger charge is -2.17. The number of carbonyl (C=O) groups excluding carboxylic acids is 1. The average Bonchev–Trinajstić information content (AvgIpc) is 3.20. The van der Waals surface area contributed by atoms with Crippen molar-refractivity contribution in [2.24, 2.45) is 0 Å². The Kier molecular flexibility index (Phi) is 7.33. The summed E-state index contributed by atoms with van der Waals surface area (Å²) in [6, 6.07) is 31.0. The minimum atomic E-state index is -0.932. The highest BCUT2D eigenvalue weighted by atomic mass is 16.4. The second-order valence-corrected chi connectivity index (χ2v) is 9.92. The molecule has 0 saturated heterocycles. The first kappa shape index (κ1) is 26.0. The predicted molar refractivity (Wildman–Crippen MR) is 156 cm³/mol. The number of aromatic nitrogens is 1. The van der Waals surface area contributed by atoms with Crippen LogP contribution in [-0.2, 0) is 6.54 Å². The molecule has 0 spiro atoms. The van der Waals surface area contributed by atoms with E-state index in [9.17, 15) is 14.7 Å². The number of benzene rings is 4. The van der Waals surface area contributed by atoms with Crippen LogP contribution >= 0.6 is 0 Å². The van der Waals surface area contributed by atoms with Gasteiger partial charge in [0.05, 0.1) is 11.6 Å². The first-order chi connectivity index (χ1) is 18.9. The van der Waals surface area contributed by atoms with Gasteiger partial charge in [-0.25, -0.2) is 4.79 Å². The van der Waals surface area contributed by atoms with E-state index in [1.54, 1.807) is 12.1 Å². The Hall–Kier alpha value is -4.64. The number of hydrogen-bond acceptors (Lipinski definition) is 2. The number of carbonyl (C=O) groups is 2. The van der Waals surface area contributed by atoms with Crippen LogP contribution in [0.25, 0.3) is 22.0 Å². The number of rotatable bonds is 8. The fraction of sp³-hybridized carbons (Fsp3) is 0.176. The number of aryl methyl sites for hydroxylation is 1. The van der Waals surface area contributed by atoms with E-state index in [0.717, 1.165) is 45.3 Å². The molecule has 1 amide bonds. The Morgan fingerprint density at radius 1 is 0.872 bits per heavy atom. The summed E-state index contributed by atoms with van der Waals surface area (Å²) in [6.07, 6.45) is 0.813. The van der Waals surface area contributed by atoms with Gasteiger partial charge >= 0.3 is 5.97 Å². The number of aromatic carboxylic acids is 1. The molecule has 5 heteroatoms. The molecule has 0 saturated carbocycles. The van der Waals surface area contributed by atoms with Crippen LogP contribution in [0.2, 0.25) is 0 Å². The summed E-state index contributed by atoms with van der Waals surface area (Å²) < 4.78 is 2.27. The van der Waals surface area contributed by atoms with Gasteiger partial charge in [-0.05, 0) is 72.4 Å². The second kappa shape index (κ2) is 11.0. The fourth-order valence-corrected chi connectivity index (χ4v) is 5.24. The van der Waals surface area contributed by atoms with Crippen LogP contribution in [0.1, 0.15) is 62.5 Å². The molecule has 0 unspecified atom stereocenters. The van der Waals surface area contributed by atoms with Gasteiger partial charge < -0.3 is 15.0 Å². The number of fused-ring (bicyclic) bond motifs is 1. The normalized spacial score (nSPS) is 11.9. The second-order valence-electron chi connectivity index (χ2n) is 9.92. The molecule has 1 atom stereocenters. The maximum absolute atomic E-state index is 13.2. The number of nitrogens with one attached hydrogen (secondary N) is 1. The number of amides is 1. The highest BCUT2D eigenvalue weighted by Gasteiger charge is 2.17. The SMILES string of the molecule is CC[C@H](NC(=O)c1ccc2c(c1)c(C)c(C)n2Cc1ccc(-c2ccccc2C(=O)O)cc1)c1ccccc1. The molecule has 4 aromatic carbocycles.